The molecule has 21 heavy (non-hydrogen) atoms. The van der Waals surface area contributed by atoms with E-state index in [0.717, 1.165) is 0 Å². The van der Waals surface area contributed by atoms with Crippen LogP contribution < -0.4 is 15.4 Å². The molecule has 2 N–H and O–H groups in total. The van der Waals surface area contributed by atoms with E-state index in [1.54, 1.807) is 0 Å². The monoisotopic (exact) mass is 318 g/mol. The first-order valence-corrected chi connectivity index (χ1v) is 6.68. The third kappa shape index (κ3) is 4.29. The van der Waals surface area contributed by atoms with Gasteiger partial charge in [0, 0.05) is 17.5 Å². The van der Waals surface area contributed by atoms with Crippen LogP contribution in [0.4, 0.5) is 14.5 Å². The molecule has 0 bridgehead atoms. The van der Waals surface area contributed by atoms with Crippen molar-refractivity contribution in [2.24, 2.45) is 0 Å². The summed E-state index contributed by atoms with van der Waals surface area (Å²) in [6.45, 7) is -3.03. The summed E-state index contributed by atoms with van der Waals surface area (Å²) >= 11 is 5.71. The first-order valence-electron chi connectivity index (χ1n) is 6.30. The van der Waals surface area contributed by atoms with Crippen LogP contribution in [0.25, 0.3) is 0 Å². The highest BCUT2D eigenvalue weighted by molar-refractivity contribution is 6.30. The molecule has 0 aromatic heterocycles. The Morgan fingerprint density at radius 3 is 2.90 bits per heavy atom. The molecule has 5 nitrogen and oxygen atoms in total. The van der Waals surface area contributed by atoms with Gasteiger partial charge in [-0.15, -0.1) is 0 Å². The van der Waals surface area contributed by atoms with E-state index < -0.39 is 18.6 Å². The van der Waals surface area contributed by atoms with Gasteiger partial charge in [0.2, 0.25) is 11.8 Å². The molecule has 8 heteroatoms. The highest BCUT2D eigenvalue weighted by Gasteiger charge is 2.25. The van der Waals surface area contributed by atoms with Crippen LogP contribution in [0, 0.1) is 0 Å². The van der Waals surface area contributed by atoms with Gasteiger partial charge in [-0.05, 0) is 25.0 Å². The first kappa shape index (κ1) is 15.5. The summed E-state index contributed by atoms with van der Waals surface area (Å²) in [5.74, 6) is -0.918. The normalized spacial score (nSPS) is 18.3. The standard InChI is InChI=1S/C13H13ClF2N2O3/c14-7-4-5-8(10(6-7)21-13(15)16)18-12(20)9-2-1-3-11(19)17-9/h4-6,9,13H,1-3H2,(H,17,19)(H,18,20)/t9-/m1/s1. The van der Waals surface area contributed by atoms with Crippen LogP contribution in [0.1, 0.15) is 19.3 Å². The van der Waals surface area contributed by atoms with Crippen LogP contribution in [0.15, 0.2) is 18.2 Å². The van der Waals surface area contributed by atoms with E-state index in [2.05, 4.69) is 15.4 Å². The zero-order valence-electron chi connectivity index (χ0n) is 10.9. The van der Waals surface area contributed by atoms with E-state index in [9.17, 15) is 18.4 Å². The van der Waals surface area contributed by atoms with Crippen molar-refractivity contribution in [3.8, 4) is 5.75 Å². The third-order valence-corrected chi connectivity index (χ3v) is 3.20. The van der Waals surface area contributed by atoms with Crippen LogP contribution in [-0.2, 0) is 9.59 Å². The molecule has 2 amide bonds. The van der Waals surface area contributed by atoms with Crippen LogP contribution >= 0.6 is 11.6 Å². The SMILES string of the molecule is O=C1CCC[C@H](C(=O)Nc2ccc(Cl)cc2OC(F)F)N1. The van der Waals surface area contributed by atoms with Gasteiger partial charge in [0.15, 0.2) is 5.75 Å². The minimum absolute atomic E-state index is 0.0736. The third-order valence-electron chi connectivity index (χ3n) is 2.97. The maximum absolute atomic E-state index is 12.3. The molecule has 0 spiro atoms. The number of nitrogens with one attached hydrogen (secondary N) is 2. The molecule has 0 radical (unpaired) electrons. The molecule has 0 unspecified atom stereocenters. The lowest BCUT2D eigenvalue weighted by atomic mass is 10.0. The number of amides is 2. The van der Waals surface area contributed by atoms with Crippen molar-refractivity contribution in [2.75, 3.05) is 5.32 Å². The molecule has 1 aromatic rings. The molecule has 1 saturated heterocycles. The molecule has 1 aromatic carbocycles. The summed E-state index contributed by atoms with van der Waals surface area (Å²) in [6.07, 6.45) is 1.48. The van der Waals surface area contributed by atoms with Gasteiger partial charge in [-0.1, -0.05) is 11.6 Å². The van der Waals surface area contributed by atoms with E-state index in [4.69, 9.17) is 11.6 Å². The van der Waals surface area contributed by atoms with Crippen molar-refractivity contribution < 1.29 is 23.1 Å². The Balaban J connectivity index is 2.11. The zero-order chi connectivity index (χ0) is 15.4. The Kier molecular flexibility index (Phi) is 4.95. The minimum Gasteiger partial charge on any atom is -0.433 e. The molecule has 0 aliphatic carbocycles. The van der Waals surface area contributed by atoms with Gasteiger partial charge in [0.25, 0.3) is 0 Å². The number of benzene rings is 1. The second-order valence-electron chi connectivity index (χ2n) is 4.52. The van der Waals surface area contributed by atoms with E-state index in [1.807, 2.05) is 0 Å². The molecule has 114 valence electrons. The Morgan fingerprint density at radius 1 is 1.48 bits per heavy atom. The Morgan fingerprint density at radius 2 is 2.24 bits per heavy atom. The van der Waals surface area contributed by atoms with Crippen LogP contribution in [-0.4, -0.2) is 24.5 Å². The number of alkyl halides is 2. The van der Waals surface area contributed by atoms with E-state index in [1.165, 1.54) is 18.2 Å². The molecule has 1 atom stereocenters. The highest BCUT2D eigenvalue weighted by atomic mass is 35.5. The number of ether oxygens (including phenoxy) is 1. The van der Waals surface area contributed by atoms with Crippen LogP contribution in [0.2, 0.25) is 5.02 Å². The van der Waals surface area contributed by atoms with E-state index in [-0.39, 0.29) is 22.4 Å². The largest absolute Gasteiger partial charge is 0.433 e. The van der Waals surface area contributed by atoms with Crippen LogP contribution in [0.3, 0.4) is 0 Å². The molecular formula is C13H13ClF2N2O3. The lowest BCUT2D eigenvalue weighted by molar-refractivity contribution is -0.128. The number of piperidine rings is 1. The average Bonchev–Trinajstić information content (AvgIpc) is 2.41. The summed E-state index contributed by atoms with van der Waals surface area (Å²) in [7, 11) is 0. The average molecular weight is 319 g/mol. The number of hydrogen-bond acceptors (Lipinski definition) is 3. The predicted octanol–water partition coefficient (Wildman–Crippen LogP) is 2.55. The summed E-state index contributed by atoms with van der Waals surface area (Å²) in [5, 5.41) is 5.21. The van der Waals surface area contributed by atoms with Gasteiger partial charge < -0.3 is 15.4 Å². The van der Waals surface area contributed by atoms with Crippen molar-refractivity contribution in [3.63, 3.8) is 0 Å². The van der Waals surface area contributed by atoms with Crippen molar-refractivity contribution in [1.82, 2.24) is 5.32 Å². The fourth-order valence-corrected chi connectivity index (χ4v) is 2.18. The summed E-state index contributed by atoms with van der Waals surface area (Å²) in [6, 6.07) is 3.31. The first-order chi connectivity index (χ1) is 9.95. The molecule has 1 aliphatic heterocycles. The lowest BCUT2D eigenvalue weighted by Gasteiger charge is -2.23. The number of hydrogen-bond donors (Lipinski definition) is 2. The number of anilines is 1. The molecule has 1 fully saturated rings. The number of rotatable bonds is 4. The zero-order valence-corrected chi connectivity index (χ0v) is 11.6. The van der Waals surface area contributed by atoms with Gasteiger partial charge >= 0.3 is 6.61 Å². The topological polar surface area (TPSA) is 67.4 Å². The minimum atomic E-state index is -3.03. The van der Waals surface area contributed by atoms with Crippen molar-refractivity contribution in [3.05, 3.63) is 23.2 Å². The van der Waals surface area contributed by atoms with Crippen molar-refractivity contribution in [1.29, 1.82) is 0 Å². The van der Waals surface area contributed by atoms with Crippen molar-refractivity contribution >= 4 is 29.1 Å². The van der Waals surface area contributed by atoms with Gasteiger partial charge in [-0.3, -0.25) is 9.59 Å². The second-order valence-corrected chi connectivity index (χ2v) is 4.96. The Hall–Kier alpha value is -1.89. The number of halogens is 3. The fraction of sp³-hybridized carbons (Fsp3) is 0.385. The Bertz CT molecular complexity index is 554. The predicted molar refractivity (Wildman–Crippen MR) is 72.5 cm³/mol. The fourth-order valence-electron chi connectivity index (χ4n) is 2.01. The lowest BCUT2D eigenvalue weighted by Crippen LogP contribution is -2.46. The molecule has 1 aliphatic rings. The van der Waals surface area contributed by atoms with Gasteiger partial charge in [0.05, 0.1) is 5.69 Å². The van der Waals surface area contributed by atoms with Gasteiger partial charge in [0.1, 0.15) is 6.04 Å². The summed E-state index contributed by atoms with van der Waals surface area (Å²) in [5.41, 5.74) is 0.0736. The van der Waals surface area contributed by atoms with E-state index >= 15 is 0 Å². The highest BCUT2D eigenvalue weighted by Crippen LogP contribution is 2.29. The van der Waals surface area contributed by atoms with Gasteiger partial charge in [-0.2, -0.15) is 8.78 Å². The van der Waals surface area contributed by atoms with Crippen LogP contribution in [0.5, 0.6) is 5.75 Å². The van der Waals surface area contributed by atoms with Gasteiger partial charge in [-0.25, -0.2) is 0 Å². The quantitative estimate of drug-likeness (QED) is 0.896. The summed E-state index contributed by atoms with van der Waals surface area (Å²) in [4.78, 5) is 23.3. The Labute approximate surface area is 124 Å². The summed E-state index contributed by atoms with van der Waals surface area (Å²) < 4.78 is 29.0. The number of carbonyl (C=O) groups is 2. The molecule has 0 saturated carbocycles. The second kappa shape index (κ2) is 6.71. The van der Waals surface area contributed by atoms with Crippen molar-refractivity contribution in [2.45, 2.75) is 31.9 Å². The molecular weight excluding hydrogens is 306 g/mol. The maximum Gasteiger partial charge on any atom is 0.387 e. The number of carbonyl (C=O) groups excluding carboxylic acids is 2. The maximum atomic E-state index is 12.3. The molecule has 1 heterocycles. The smallest absolute Gasteiger partial charge is 0.387 e. The van der Waals surface area contributed by atoms with E-state index in [0.29, 0.717) is 19.3 Å². The molecule has 2 rings (SSSR count).